The lowest BCUT2D eigenvalue weighted by Crippen LogP contribution is -2.47. The van der Waals surface area contributed by atoms with E-state index < -0.39 is 8.07 Å². The van der Waals surface area contributed by atoms with Crippen LogP contribution in [0, 0.1) is 0 Å². The van der Waals surface area contributed by atoms with Crippen LogP contribution in [-0.2, 0) is 9.53 Å². The lowest BCUT2D eigenvalue weighted by molar-refractivity contribution is -0.159. The van der Waals surface area contributed by atoms with E-state index in [-0.39, 0.29) is 16.6 Å². The topological polar surface area (TPSA) is 26.3 Å². The summed E-state index contributed by atoms with van der Waals surface area (Å²) in [5, 5.41) is -0.226. The van der Waals surface area contributed by atoms with Crippen LogP contribution in [0.2, 0.25) is 24.7 Å². The summed E-state index contributed by atoms with van der Waals surface area (Å²) >= 11 is 0. The standard InChI is InChI=1S/C15H32O2Si/c1-9-11-12-15(10-2,18(6,7)8)13(16)17-14(3,4)5/h9-12H2,1-8H3. The zero-order valence-electron chi connectivity index (χ0n) is 13.6. The van der Waals surface area contributed by atoms with Gasteiger partial charge in [0.1, 0.15) is 5.60 Å². The fraction of sp³-hybridized carbons (Fsp3) is 0.933. The van der Waals surface area contributed by atoms with Crippen molar-refractivity contribution in [2.45, 2.75) is 90.6 Å². The minimum Gasteiger partial charge on any atom is -0.460 e. The Morgan fingerprint density at radius 1 is 1.11 bits per heavy atom. The maximum absolute atomic E-state index is 12.7. The lowest BCUT2D eigenvalue weighted by Gasteiger charge is -2.42. The van der Waals surface area contributed by atoms with Gasteiger partial charge in [-0.05, 0) is 33.6 Å². The molecule has 0 aliphatic heterocycles. The molecule has 0 amide bonds. The summed E-state index contributed by atoms with van der Waals surface area (Å²) in [5.74, 6) is 0.0325. The minimum atomic E-state index is -1.61. The molecule has 3 heteroatoms. The molecule has 1 unspecified atom stereocenters. The zero-order valence-corrected chi connectivity index (χ0v) is 14.6. The molecule has 0 aliphatic rings. The Kier molecular flexibility index (Phi) is 6.12. The Morgan fingerprint density at radius 2 is 1.61 bits per heavy atom. The van der Waals surface area contributed by atoms with Crippen molar-refractivity contribution in [1.82, 2.24) is 0 Å². The van der Waals surface area contributed by atoms with Gasteiger partial charge >= 0.3 is 5.97 Å². The quantitative estimate of drug-likeness (QED) is 0.502. The molecule has 2 nitrogen and oxygen atoms in total. The van der Waals surface area contributed by atoms with Gasteiger partial charge in [-0.15, -0.1) is 0 Å². The highest BCUT2D eigenvalue weighted by atomic mass is 28.3. The number of carbonyl (C=O) groups is 1. The van der Waals surface area contributed by atoms with Gasteiger partial charge in [0.15, 0.2) is 0 Å². The van der Waals surface area contributed by atoms with Crippen LogP contribution in [0.1, 0.15) is 60.3 Å². The van der Waals surface area contributed by atoms with Crippen molar-refractivity contribution in [2.75, 3.05) is 0 Å². The van der Waals surface area contributed by atoms with E-state index in [9.17, 15) is 4.79 Å². The number of ether oxygens (including phenoxy) is 1. The number of rotatable bonds is 6. The van der Waals surface area contributed by atoms with E-state index in [4.69, 9.17) is 4.74 Å². The molecule has 0 saturated heterocycles. The van der Waals surface area contributed by atoms with Gasteiger partial charge in [-0.25, -0.2) is 0 Å². The summed E-state index contributed by atoms with van der Waals surface area (Å²) in [6, 6.07) is 0. The highest BCUT2D eigenvalue weighted by Crippen LogP contribution is 2.48. The van der Waals surface area contributed by atoms with Crippen LogP contribution in [0.5, 0.6) is 0 Å². The van der Waals surface area contributed by atoms with Gasteiger partial charge in [-0.2, -0.15) is 0 Å². The molecule has 0 aromatic carbocycles. The molecule has 108 valence electrons. The maximum atomic E-state index is 12.7. The SMILES string of the molecule is CCCCC(CC)(C(=O)OC(C)(C)C)[Si](C)(C)C. The van der Waals surface area contributed by atoms with Crippen LogP contribution in [0.4, 0.5) is 0 Å². The average molecular weight is 273 g/mol. The second-order valence-electron chi connectivity index (χ2n) is 7.29. The van der Waals surface area contributed by atoms with Gasteiger partial charge in [-0.3, -0.25) is 4.79 Å². The first-order chi connectivity index (χ1) is 8.00. The van der Waals surface area contributed by atoms with Crippen molar-refractivity contribution in [2.24, 2.45) is 0 Å². The fourth-order valence-electron chi connectivity index (χ4n) is 2.49. The second-order valence-corrected chi connectivity index (χ2v) is 12.7. The molecule has 18 heavy (non-hydrogen) atoms. The van der Waals surface area contributed by atoms with Crippen LogP contribution in [-0.4, -0.2) is 19.6 Å². The van der Waals surface area contributed by atoms with Gasteiger partial charge in [-0.1, -0.05) is 46.3 Å². The van der Waals surface area contributed by atoms with E-state index in [0.717, 1.165) is 25.7 Å². The lowest BCUT2D eigenvalue weighted by atomic mass is 9.97. The second kappa shape index (κ2) is 6.22. The van der Waals surface area contributed by atoms with E-state index in [1.165, 1.54) is 0 Å². The highest BCUT2D eigenvalue weighted by Gasteiger charge is 2.49. The zero-order chi connectivity index (χ0) is 14.6. The Labute approximate surface area is 115 Å². The number of hydrogen-bond acceptors (Lipinski definition) is 2. The van der Waals surface area contributed by atoms with Crippen LogP contribution >= 0.6 is 0 Å². The first kappa shape index (κ1) is 17.7. The molecular formula is C15H32O2Si. The number of hydrogen-bond donors (Lipinski definition) is 0. The number of unbranched alkanes of at least 4 members (excludes halogenated alkanes) is 1. The van der Waals surface area contributed by atoms with Gasteiger partial charge in [0.25, 0.3) is 0 Å². The molecule has 0 heterocycles. The minimum absolute atomic E-state index is 0.0325. The van der Waals surface area contributed by atoms with E-state index >= 15 is 0 Å². The van der Waals surface area contributed by atoms with Crippen LogP contribution in [0.3, 0.4) is 0 Å². The number of carbonyl (C=O) groups excluding carboxylic acids is 1. The summed E-state index contributed by atoms with van der Waals surface area (Å²) in [6.07, 6.45) is 4.12. The van der Waals surface area contributed by atoms with Crippen molar-refractivity contribution in [3.8, 4) is 0 Å². The predicted molar refractivity (Wildman–Crippen MR) is 81.7 cm³/mol. The third kappa shape index (κ3) is 4.41. The van der Waals surface area contributed by atoms with Crippen LogP contribution in [0.25, 0.3) is 0 Å². The van der Waals surface area contributed by atoms with Crippen molar-refractivity contribution in [1.29, 1.82) is 0 Å². The molecule has 0 bridgehead atoms. The Hall–Kier alpha value is -0.313. The third-order valence-corrected chi connectivity index (χ3v) is 7.46. The van der Waals surface area contributed by atoms with E-state index in [1.54, 1.807) is 0 Å². The van der Waals surface area contributed by atoms with Gasteiger partial charge in [0.2, 0.25) is 0 Å². The summed E-state index contributed by atoms with van der Waals surface area (Å²) < 4.78 is 5.71. The van der Waals surface area contributed by atoms with E-state index in [2.05, 4.69) is 33.5 Å². The van der Waals surface area contributed by atoms with Crippen LogP contribution in [0.15, 0.2) is 0 Å². The van der Waals surface area contributed by atoms with E-state index in [0.29, 0.717) is 0 Å². The Bertz CT molecular complexity index is 273. The molecular weight excluding hydrogens is 240 g/mol. The van der Waals surface area contributed by atoms with Crippen molar-refractivity contribution < 1.29 is 9.53 Å². The smallest absolute Gasteiger partial charge is 0.309 e. The monoisotopic (exact) mass is 272 g/mol. The first-order valence-electron chi connectivity index (χ1n) is 7.23. The van der Waals surface area contributed by atoms with Gasteiger partial charge < -0.3 is 4.74 Å². The number of esters is 1. The largest absolute Gasteiger partial charge is 0.460 e. The third-order valence-electron chi connectivity index (χ3n) is 3.79. The highest BCUT2D eigenvalue weighted by molar-refractivity contribution is 6.82. The fourth-order valence-corrected chi connectivity index (χ4v) is 5.14. The summed E-state index contributed by atoms with van der Waals surface area (Å²) in [6.45, 7) is 17.0. The van der Waals surface area contributed by atoms with Crippen LogP contribution < -0.4 is 0 Å². The van der Waals surface area contributed by atoms with Crippen molar-refractivity contribution in [3.05, 3.63) is 0 Å². The van der Waals surface area contributed by atoms with Crippen molar-refractivity contribution in [3.63, 3.8) is 0 Å². The maximum Gasteiger partial charge on any atom is 0.309 e. The Balaban J connectivity index is 5.24. The molecule has 0 aromatic heterocycles. The molecule has 1 atom stereocenters. The normalized spacial score (nSPS) is 16.2. The molecule has 0 fully saturated rings. The average Bonchev–Trinajstić information content (AvgIpc) is 2.14. The molecule has 0 aromatic rings. The van der Waals surface area contributed by atoms with Crippen molar-refractivity contribution >= 4 is 14.0 Å². The molecule has 0 N–H and O–H groups in total. The predicted octanol–water partition coefficient (Wildman–Crippen LogP) is 5.01. The van der Waals surface area contributed by atoms with E-state index in [1.807, 2.05) is 20.8 Å². The molecule has 0 aliphatic carbocycles. The summed E-state index contributed by atoms with van der Waals surface area (Å²) in [5.41, 5.74) is -0.386. The molecule has 0 rings (SSSR count). The Morgan fingerprint density at radius 3 is 1.89 bits per heavy atom. The first-order valence-corrected chi connectivity index (χ1v) is 10.7. The summed E-state index contributed by atoms with van der Waals surface area (Å²) in [7, 11) is -1.61. The summed E-state index contributed by atoms with van der Waals surface area (Å²) in [4.78, 5) is 12.7. The molecule has 0 saturated carbocycles. The van der Waals surface area contributed by atoms with Gasteiger partial charge in [0, 0.05) is 0 Å². The molecule has 0 radical (unpaired) electrons. The molecule has 0 spiro atoms. The van der Waals surface area contributed by atoms with Gasteiger partial charge in [0.05, 0.1) is 13.1 Å².